The van der Waals surface area contributed by atoms with Crippen molar-refractivity contribution in [1.29, 1.82) is 0 Å². The van der Waals surface area contributed by atoms with Crippen LogP contribution in [0, 0.1) is 29.4 Å². The Morgan fingerprint density at radius 2 is 2.06 bits per heavy atom. The maximum atomic E-state index is 13.7. The van der Waals surface area contributed by atoms with Gasteiger partial charge in [-0.25, -0.2) is 8.78 Å². The third-order valence-electron chi connectivity index (χ3n) is 4.69. The van der Waals surface area contributed by atoms with E-state index in [1.807, 2.05) is 0 Å². The second kappa shape index (κ2) is 4.92. The van der Waals surface area contributed by atoms with E-state index in [2.05, 4.69) is 15.9 Å². The van der Waals surface area contributed by atoms with Crippen LogP contribution < -0.4 is 0 Å². The van der Waals surface area contributed by atoms with Gasteiger partial charge in [0.15, 0.2) is 0 Å². The molecule has 3 rings (SSSR count). The smallest absolute Gasteiger partial charge is 0.127 e. The number of alkyl halides is 1. The van der Waals surface area contributed by atoms with E-state index in [-0.39, 0.29) is 16.5 Å². The number of fused-ring (bicyclic) bond motifs is 2. The quantitative estimate of drug-likeness (QED) is 0.670. The van der Waals surface area contributed by atoms with Crippen LogP contribution in [0.5, 0.6) is 0 Å². The van der Waals surface area contributed by atoms with Gasteiger partial charge >= 0.3 is 0 Å². The highest BCUT2D eigenvalue weighted by Gasteiger charge is 2.40. The van der Waals surface area contributed by atoms with Crippen LogP contribution in [0.15, 0.2) is 18.2 Å². The second-order valence-electron chi connectivity index (χ2n) is 5.80. The Morgan fingerprint density at radius 1 is 1.22 bits per heavy atom. The molecule has 2 aliphatic rings. The van der Waals surface area contributed by atoms with Crippen LogP contribution in [0.1, 0.15) is 42.5 Å². The molecule has 0 nitrogen and oxygen atoms in total. The van der Waals surface area contributed by atoms with E-state index in [0.717, 1.165) is 18.3 Å². The summed E-state index contributed by atoms with van der Waals surface area (Å²) in [6, 6.07) is 3.72. The lowest BCUT2D eigenvalue weighted by Gasteiger charge is -2.24. The Bertz CT molecular complexity index is 446. The van der Waals surface area contributed by atoms with Crippen molar-refractivity contribution in [3.05, 3.63) is 35.4 Å². The monoisotopic (exact) mass is 314 g/mol. The average molecular weight is 315 g/mol. The molecule has 18 heavy (non-hydrogen) atoms. The maximum Gasteiger partial charge on any atom is 0.127 e. The van der Waals surface area contributed by atoms with E-state index in [9.17, 15) is 8.78 Å². The van der Waals surface area contributed by atoms with E-state index in [0.29, 0.717) is 11.5 Å². The fourth-order valence-corrected chi connectivity index (χ4v) is 4.64. The van der Waals surface area contributed by atoms with Crippen LogP contribution in [0.25, 0.3) is 0 Å². The molecule has 4 unspecified atom stereocenters. The molecule has 98 valence electrons. The molecular weight excluding hydrogens is 298 g/mol. The van der Waals surface area contributed by atoms with Gasteiger partial charge in [-0.05, 0) is 61.6 Å². The number of hydrogen-bond donors (Lipinski definition) is 0. The highest BCUT2D eigenvalue weighted by molar-refractivity contribution is 9.09. The Kier molecular flexibility index (Phi) is 3.44. The van der Waals surface area contributed by atoms with Crippen molar-refractivity contribution in [3.63, 3.8) is 0 Å². The topological polar surface area (TPSA) is 0 Å². The van der Waals surface area contributed by atoms with Crippen LogP contribution in [-0.4, -0.2) is 0 Å². The normalized spacial score (nSPS) is 31.8. The summed E-state index contributed by atoms with van der Waals surface area (Å²) in [5, 5.41) is 0. The van der Waals surface area contributed by atoms with Crippen molar-refractivity contribution in [2.45, 2.75) is 36.9 Å². The first-order valence-corrected chi connectivity index (χ1v) is 7.64. The lowest BCUT2D eigenvalue weighted by molar-refractivity contribution is 0.313. The number of rotatable bonds is 3. The summed E-state index contributed by atoms with van der Waals surface area (Å²) >= 11 is 3.55. The molecular formula is C15H17BrF2. The summed E-state index contributed by atoms with van der Waals surface area (Å²) in [6.07, 6.45) is 6.28. The summed E-state index contributed by atoms with van der Waals surface area (Å²) in [7, 11) is 0. The first-order chi connectivity index (χ1) is 8.63. The molecule has 4 atom stereocenters. The van der Waals surface area contributed by atoms with Gasteiger partial charge in [-0.3, -0.25) is 0 Å². The summed E-state index contributed by atoms with van der Waals surface area (Å²) < 4.78 is 26.9. The molecule has 0 aliphatic heterocycles. The van der Waals surface area contributed by atoms with E-state index in [1.54, 1.807) is 0 Å². The molecule has 0 N–H and O–H groups in total. The Hall–Kier alpha value is -0.440. The molecule has 1 aromatic carbocycles. The van der Waals surface area contributed by atoms with Gasteiger partial charge < -0.3 is 0 Å². The molecule has 0 saturated heterocycles. The van der Waals surface area contributed by atoms with Crippen molar-refractivity contribution in [2.24, 2.45) is 17.8 Å². The lowest BCUT2D eigenvalue weighted by Crippen LogP contribution is -2.13. The third kappa shape index (κ3) is 2.34. The Balaban J connectivity index is 1.71. The minimum atomic E-state index is -0.358. The van der Waals surface area contributed by atoms with Crippen LogP contribution in [0.4, 0.5) is 8.78 Å². The van der Waals surface area contributed by atoms with Gasteiger partial charge in [0, 0.05) is 10.4 Å². The van der Waals surface area contributed by atoms with Crippen LogP contribution in [-0.2, 0) is 0 Å². The number of halogens is 3. The van der Waals surface area contributed by atoms with Crippen molar-refractivity contribution in [3.8, 4) is 0 Å². The van der Waals surface area contributed by atoms with Crippen molar-refractivity contribution in [1.82, 2.24) is 0 Å². The van der Waals surface area contributed by atoms with E-state index in [4.69, 9.17) is 0 Å². The van der Waals surface area contributed by atoms with Gasteiger partial charge in [0.25, 0.3) is 0 Å². The molecule has 0 amide bonds. The first kappa shape index (κ1) is 12.6. The van der Waals surface area contributed by atoms with E-state index in [1.165, 1.54) is 43.9 Å². The molecule has 3 heteroatoms. The highest BCUT2D eigenvalue weighted by atomic mass is 79.9. The average Bonchev–Trinajstić information content (AvgIpc) is 2.94. The Labute approximate surface area is 115 Å². The molecule has 0 radical (unpaired) electrons. The zero-order valence-electron chi connectivity index (χ0n) is 10.2. The molecule has 0 spiro atoms. The fraction of sp³-hybridized carbons (Fsp3) is 0.600. The predicted octanol–water partition coefficient (Wildman–Crippen LogP) is 5.23. The molecule has 2 aliphatic carbocycles. The Morgan fingerprint density at radius 3 is 2.72 bits per heavy atom. The van der Waals surface area contributed by atoms with E-state index >= 15 is 0 Å². The number of hydrogen-bond acceptors (Lipinski definition) is 0. The second-order valence-corrected chi connectivity index (χ2v) is 6.91. The highest BCUT2D eigenvalue weighted by Crippen LogP contribution is 2.52. The van der Waals surface area contributed by atoms with Crippen LogP contribution in [0.3, 0.4) is 0 Å². The van der Waals surface area contributed by atoms with E-state index < -0.39 is 0 Å². The van der Waals surface area contributed by atoms with Gasteiger partial charge in [-0.2, -0.15) is 0 Å². The SMILES string of the molecule is Fc1ccc(F)c(C(Br)CC2CC3CCC2C3)c1. The predicted molar refractivity (Wildman–Crippen MR) is 71.6 cm³/mol. The van der Waals surface area contributed by atoms with Crippen LogP contribution in [0.2, 0.25) is 0 Å². The maximum absolute atomic E-state index is 13.7. The summed E-state index contributed by atoms with van der Waals surface area (Å²) in [6.45, 7) is 0. The van der Waals surface area contributed by atoms with Crippen molar-refractivity contribution in [2.75, 3.05) is 0 Å². The van der Waals surface area contributed by atoms with Gasteiger partial charge in [0.05, 0.1) is 0 Å². The summed E-state index contributed by atoms with van der Waals surface area (Å²) in [4.78, 5) is -0.0578. The fourth-order valence-electron chi connectivity index (χ4n) is 3.81. The van der Waals surface area contributed by atoms with Crippen molar-refractivity contribution < 1.29 is 8.78 Å². The minimum Gasteiger partial charge on any atom is -0.207 e. The largest absolute Gasteiger partial charge is 0.207 e. The van der Waals surface area contributed by atoms with Crippen molar-refractivity contribution >= 4 is 15.9 Å². The molecule has 0 heterocycles. The summed E-state index contributed by atoms with van der Waals surface area (Å²) in [5.74, 6) is 1.75. The first-order valence-electron chi connectivity index (χ1n) is 6.72. The molecule has 2 bridgehead atoms. The van der Waals surface area contributed by atoms with Gasteiger partial charge in [-0.15, -0.1) is 0 Å². The molecule has 2 saturated carbocycles. The minimum absolute atomic E-state index is 0.0578. The zero-order valence-corrected chi connectivity index (χ0v) is 11.8. The number of benzene rings is 1. The standard InChI is InChI=1S/C15H17BrF2/c16-14(13-8-12(17)3-4-15(13)18)7-11-6-9-1-2-10(11)5-9/h3-4,8-11,14H,1-2,5-7H2. The molecule has 0 aromatic heterocycles. The zero-order chi connectivity index (χ0) is 12.7. The lowest BCUT2D eigenvalue weighted by atomic mass is 9.84. The van der Waals surface area contributed by atoms with Crippen LogP contribution >= 0.6 is 15.9 Å². The van der Waals surface area contributed by atoms with Gasteiger partial charge in [0.1, 0.15) is 11.6 Å². The molecule has 1 aromatic rings. The van der Waals surface area contributed by atoms with Gasteiger partial charge in [-0.1, -0.05) is 22.4 Å². The molecule has 2 fully saturated rings. The van der Waals surface area contributed by atoms with Gasteiger partial charge in [0.2, 0.25) is 0 Å². The third-order valence-corrected chi connectivity index (χ3v) is 5.56. The summed E-state index contributed by atoms with van der Waals surface area (Å²) in [5.41, 5.74) is 0.470.